The number of hydrogen-bond donors (Lipinski definition) is 6. The van der Waals surface area contributed by atoms with Gasteiger partial charge in [0.05, 0.1) is 51.7 Å². The monoisotopic (exact) mass is 1410 g/mol. The zero-order valence-electron chi connectivity index (χ0n) is 56.3. The number of ether oxygens (including phenoxy) is 2. The maximum absolute atomic E-state index is 13.4. The van der Waals surface area contributed by atoms with Gasteiger partial charge in [-0.25, -0.2) is 44.3 Å². The number of alkyl halides is 9. The van der Waals surface area contributed by atoms with Gasteiger partial charge in [-0.2, -0.15) is 39.5 Å². The lowest BCUT2D eigenvalue weighted by atomic mass is 9.72. The molecule has 0 atom stereocenters. The Kier molecular flexibility index (Phi) is 29.6. The Morgan fingerprint density at radius 2 is 0.909 bits per heavy atom. The van der Waals surface area contributed by atoms with Gasteiger partial charge in [-0.1, -0.05) is 198 Å². The van der Waals surface area contributed by atoms with E-state index < -0.39 is 54.0 Å². The predicted molar refractivity (Wildman–Crippen MR) is 367 cm³/mol. The molecule has 6 N–H and O–H groups in total. The molecule has 18 nitrogen and oxygen atoms in total. The lowest BCUT2D eigenvalue weighted by Gasteiger charge is -2.33. The molecule has 0 fully saturated rings. The molecule has 0 spiro atoms. The molecule has 0 aliphatic rings. The van der Waals surface area contributed by atoms with Gasteiger partial charge in [-0.3, -0.25) is 26.5 Å². The van der Waals surface area contributed by atoms with Crippen molar-refractivity contribution in [2.45, 2.75) is 182 Å². The molecular formula is C71H84ClF9N12O6. The molecule has 4 amide bonds. The summed E-state index contributed by atoms with van der Waals surface area (Å²) >= 11 is 6.17. The van der Waals surface area contributed by atoms with Crippen LogP contribution in [-0.2, 0) is 28.7 Å². The number of carbonyl (C=O) groups is 4. The first-order chi connectivity index (χ1) is 46.9. The van der Waals surface area contributed by atoms with Crippen LogP contribution in [0.5, 0.6) is 5.75 Å². The molecule has 3 heterocycles. The Morgan fingerprint density at radius 1 is 0.485 bits per heavy atom. The third-order valence-electron chi connectivity index (χ3n) is 15.2. The van der Waals surface area contributed by atoms with Crippen molar-refractivity contribution in [2.24, 2.45) is 5.41 Å². The van der Waals surface area contributed by atoms with Crippen molar-refractivity contribution >= 4 is 91.6 Å². The fraction of sp³-hybridized carbons (Fsp3) is 0.437. The minimum atomic E-state index is -4.78. The quantitative estimate of drug-likeness (QED) is 0.00841. The molecule has 0 bridgehead atoms. The number of unbranched alkanes of at least 4 members (excludes halogenated alkanes) is 14. The van der Waals surface area contributed by atoms with Crippen LogP contribution in [0.4, 0.5) is 72.1 Å². The molecular weight excluding hydrogens is 1320 g/mol. The van der Waals surface area contributed by atoms with Crippen LogP contribution in [0, 0.1) is 5.41 Å². The molecule has 0 aliphatic heterocycles. The minimum Gasteiger partial charge on any atom is -0.491 e. The van der Waals surface area contributed by atoms with Crippen molar-refractivity contribution in [3.05, 3.63) is 149 Å². The van der Waals surface area contributed by atoms with E-state index in [0.717, 1.165) is 50.5 Å². The van der Waals surface area contributed by atoms with Gasteiger partial charge in [-0.15, -0.1) is 0 Å². The van der Waals surface area contributed by atoms with Crippen molar-refractivity contribution in [1.82, 2.24) is 40.8 Å². The number of esters is 1. The number of nitrogens with zero attached hydrogens (tertiary/aromatic N) is 6. The van der Waals surface area contributed by atoms with E-state index in [1.165, 1.54) is 119 Å². The van der Waals surface area contributed by atoms with Crippen LogP contribution in [0.2, 0.25) is 5.02 Å². The fourth-order valence-corrected chi connectivity index (χ4v) is 10.9. The predicted octanol–water partition coefficient (Wildman–Crippen LogP) is 20.2. The summed E-state index contributed by atoms with van der Waals surface area (Å²) in [6.07, 6.45) is 5.47. The van der Waals surface area contributed by atoms with Crippen molar-refractivity contribution in [2.75, 3.05) is 34.7 Å². The van der Waals surface area contributed by atoms with Crippen molar-refractivity contribution < 1.29 is 68.2 Å². The number of rotatable bonds is 29. The Labute approximate surface area is 574 Å². The van der Waals surface area contributed by atoms with Gasteiger partial charge < -0.3 is 20.1 Å². The number of hydrazine groups is 2. The second-order valence-electron chi connectivity index (χ2n) is 25.3. The lowest BCUT2D eigenvalue weighted by molar-refractivity contribution is -0.145. The van der Waals surface area contributed by atoms with Crippen molar-refractivity contribution in [3.63, 3.8) is 0 Å². The van der Waals surface area contributed by atoms with E-state index in [-0.39, 0.29) is 73.0 Å². The van der Waals surface area contributed by atoms with E-state index in [4.69, 9.17) is 21.1 Å². The summed E-state index contributed by atoms with van der Waals surface area (Å²) < 4.78 is 129. The average Bonchev–Trinajstić information content (AvgIpc) is 0.808. The molecule has 0 unspecified atom stereocenters. The minimum absolute atomic E-state index is 0.0478. The van der Waals surface area contributed by atoms with Crippen molar-refractivity contribution in [3.8, 4) is 5.75 Å². The third-order valence-corrected chi connectivity index (χ3v) is 15.5. The molecule has 5 aromatic carbocycles. The van der Waals surface area contributed by atoms with Crippen LogP contribution in [0.15, 0.2) is 109 Å². The van der Waals surface area contributed by atoms with E-state index in [1.807, 2.05) is 18.2 Å². The number of fused-ring (bicyclic) bond motifs is 3. The maximum Gasteiger partial charge on any atom is 0.451 e. The topological polar surface area (TPSA) is 236 Å². The molecule has 3 aromatic heterocycles. The van der Waals surface area contributed by atoms with Gasteiger partial charge in [0.1, 0.15) is 11.4 Å². The molecule has 99 heavy (non-hydrogen) atoms. The molecule has 0 aliphatic carbocycles. The van der Waals surface area contributed by atoms with Gasteiger partial charge in [0.25, 0.3) is 0 Å². The molecule has 534 valence electrons. The normalized spacial score (nSPS) is 11.8. The van der Waals surface area contributed by atoms with E-state index in [9.17, 15) is 58.7 Å². The first kappa shape index (κ1) is 78.9. The second-order valence-corrected chi connectivity index (χ2v) is 25.7. The fourth-order valence-electron chi connectivity index (χ4n) is 10.7. The van der Waals surface area contributed by atoms with Gasteiger partial charge in [0, 0.05) is 16.2 Å². The van der Waals surface area contributed by atoms with Crippen molar-refractivity contribution in [1.29, 1.82) is 0 Å². The summed E-state index contributed by atoms with van der Waals surface area (Å²) in [5.41, 5.74) is 11.3. The number of benzene rings is 5. The van der Waals surface area contributed by atoms with Crippen LogP contribution in [0.25, 0.3) is 32.7 Å². The number of halogens is 10. The van der Waals surface area contributed by atoms with Crippen LogP contribution >= 0.6 is 11.6 Å². The Balaban J connectivity index is 0.000000255. The number of urea groups is 2. The van der Waals surface area contributed by atoms with E-state index >= 15 is 0 Å². The zero-order valence-corrected chi connectivity index (χ0v) is 57.1. The summed E-state index contributed by atoms with van der Waals surface area (Å²) in [7, 11) is 0. The van der Waals surface area contributed by atoms with Gasteiger partial charge >= 0.3 is 36.6 Å². The third kappa shape index (κ3) is 25.6. The first-order valence-electron chi connectivity index (χ1n) is 32.8. The summed E-state index contributed by atoms with van der Waals surface area (Å²) in [4.78, 5) is 69.4. The van der Waals surface area contributed by atoms with Crippen LogP contribution in [-0.4, -0.2) is 67.4 Å². The molecule has 0 saturated heterocycles. The first-order valence-corrected chi connectivity index (χ1v) is 33.2. The summed E-state index contributed by atoms with van der Waals surface area (Å²) in [6.45, 7) is 16.1. The average molecular weight is 1410 g/mol. The highest BCUT2D eigenvalue weighted by Crippen LogP contribution is 2.40. The summed E-state index contributed by atoms with van der Waals surface area (Å²) in [5.74, 6) is -4.38. The number of para-hydroxylation sites is 3. The van der Waals surface area contributed by atoms with E-state index in [0.29, 0.717) is 35.1 Å². The highest BCUT2D eigenvalue weighted by Gasteiger charge is 2.38. The highest BCUT2D eigenvalue weighted by molar-refractivity contribution is 6.33. The molecule has 28 heteroatoms. The SMILES string of the molecule is CCCCCCCCCCCCOC(=O)c1ccc(Cl)c(NC(=O)NNc2nc(C(F)(F)F)nc3ccccc23)c1.CCCCCCCCOc1ccc(C(C)(C)CC(C)(C)C)cc1NC(=O)NNc1nc(C(F)(F)F)nc2ccccc12.O=Cc1nc(C(F)(F)F)nc2ccccc12. The van der Waals surface area contributed by atoms with Crippen LogP contribution in [0.3, 0.4) is 0 Å². The Bertz CT molecular complexity index is 3960. The molecule has 8 aromatic rings. The van der Waals surface area contributed by atoms with E-state index in [1.54, 1.807) is 36.4 Å². The standard InChI is InChI=1S/C32H44F3N5O2.C29H35ClF3N5O3.C10H5F3N2O/c1-7-8-9-10-11-14-19-42-26-18-17-22(31(5,6)21-30(2,3)4)20-25(26)37-29(41)40-39-27-23-15-12-13-16-24(23)36-28(38-27)32(33,34)35;1-2-3-4-5-6-7-8-9-10-13-18-41-26(39)20-16-17-22(30)24(19-20)35-28(40)38-37-25-21-14-11-12-15-23(21)34-27(36-25)29(31,32)33;11-10(12,13)9-14-7-4-2-1-3-6(7)8(5-16)15-9/h12-13,15-18,20H,7-11,14,19,21H2,1-6H3,(H,36,38,39)(H2,37,40,41);11-12,14-17,19H,2-10,13,18H2,1H3,(H,34,36,37)(H2,35,38,40);1-5H. The van der Waals surface area contributed by atoms with Gasteiger partial charge in [0.2, 0.25) is 17.5 Å². The summed E-state index contributed by atoms with van der Waals surface area (Å²) in [6, 6.07) is 26.9. The Morgan fingerprint density at radius 3 is 1.37 bits per heavy atom. The number of aldehydes is 1. The number of amides is 4. The van der Waals surface area contributed by atoms with Crippen LogP contribution < -0.4 is 37.1 Å². The lowest BCUT2D eigenvalue weighted by Crippen LogP contribution is -2.34. The molecule has 8 rings (SSSR count). The number of aromatic nitrogens is 6. The number of anilines is 4. The number of hydrogen-bond acceptors (Lipinski definition) is 14. The van der Waals surface area contributed by atoms with Gasteiger partial charge in [-0.05, 0) is 96.3 Å². The van der Waals surface area contributed by atoms with Gasteiger partial charge in [0.15, 0.2) is 17.9 Å². The highest BCUT2D eigenvalue weighted by atomic mass is 35.5. The maximum atomic E-state index is 13.4. The summed E-state index contributed by atoms with van der Waals surface area (Å²) in [5, 5.41) is 6.34. The zero-order chi connectivity index (χ0) is 72.4. The number of nitrogens with one attached hydrogen (secondary N) is 6. The van der Waals surface area contributed by atoms with E-state index in [2.05, 4.69) is 111 Å². The molecule has 0 saturated carbocycles. The Hall–Kier alpha value is -9.14. The molecule has 0 radical (unpaired) electrons. The second kappa shape index (κ2) is 37.2. The number of carbonyl (C=O) groups excluding carboxylic acids is 4. The van der Waals surface area contributed by atoms with Crippen LogP contribution in [0.1, 0.15) is 202 Å². The largest absolute Gasteiger partial charge is 0.491 e. The smallest absolute Gasteiger partial charge is 0.451 e.